The van der Waals surface area contributed by atoms with Crippen molar-refractivity contribution >= 4 is 11.6 Å². The predicted molar refractivity (Wildman–Crippen MR) is 80.9 cm³/mol. The summed E-state index contributed by atoms with van der Waals surface area (Å²) in [4.78, 5) is 0. The molecule has 1 aromatic carbocycles. The maximum absolute atomic E-state index is 13.3. The van der Waals surface area contributed by atoms with Gasteiger partial charge in [-0.1, -0.05) is 22.8 Å². The normalized spacial score (nSPS) is 16.0. The van der Waals surface area contributed by atoms with Gasteiger partial charge in [0.1, 0.15) is 12.4 Å². The standard InChI is InChI=1S/C16H18ClFN2O2/c1-21-9-13-7-12(20-22-13)8-19-16(10-2-3-10)11-4-5-15(18)14(17)6-11/h4-7,10,16,19H,2-3,8-9H2,1H3. The Morgan fingerprint density at radius 3 is 2.95 bits per heavy atom. The highest BCUT2D eigenvalue weighted by atomic mass is 35.5. The van der Waals surface area contributed by atoms with Crippen LogP contribution in [0.5, 0.6) is 0 Å². The minimum atomic E-state index is -0.388. The van der Waals surface area contributed by atoms with Gasteiger partial charge in [0, 0.05) is 25.8 Å². The van der Waals surface area contributed by atoms with Gasteiger partial charge in [0.15, 0.2) is 5.76 Å². The molecule has 0 saturated heterocycles. The molecule has 118 valence electrons. The number of benzene rings is 1. The first-order valence-corrected chi connectivity index (χ1v) is 7.67. The van der Waals surface area contributed by atoms with Crippen molar-refractivity contribution in [1.29, 1.82) is 0 Å². The van der Waals surface area contributed by atoms with Crippen molar-refractivity contribution in [2.24, 2.45) is 5.92 Å². The van der Waals surface area contributed by atoms with Crippen LogP contribution >= 0.6 is 11.6 Å². The third-order valence-corrected chi connectivity index (χ3v) is 4.08. The van der Waals surface area contributed by atoms with E-state index in [-0.39, 0.29) is 16.9 Å². The molecule has 0 spiro atoms. The summed E-state index contributed by atoms with van der Waals surface area (Å²) in [5.74, 6) is 0.875. The van der Waals surface area contributed by atoms with Crippen LogP contribution in [0.2, 0.25) is 5.02 Å². The number of methoxy groups -OCH3 is 1. The number of hydrogen-bond acceptors (Lipinski definition) is 4. The maximum atomic E-state index is 13.3. The zero-order valence-corrected chi connectivity index (χ0v) is 13.1. The molecule has 2 aromatic rings. The van der Waals surface area contributed by atoms with Crippen molar-refractivity contribution in [1.82, 2.24) is 10.5 Å². The first kappa shape index (κ1) is 15.5. The number of nitrogens with zero attached hydrogens (tertiary/aromatic N) is 1. The first-order chi connectivity index (χ1) is 10.7. The van der Waals surface area contributed by atoms with Crippen molar-refractivity contribution in [3.05, 3.63) is 52.1 Å². The topological polar surface area (TPSA) is 47.3 Å². The van der Waals surface area contributed by atoms with Crippen molar-refractivity contribution in [3.8, 4) is 0 Å². The molecule has 1 unspecified atom stereocenters. The van der Waals surface area contributed by atoms with E-state index in [4.69, 9.17) is 20.9 Å². The van der Waals surface area contributed by atoms with Gasteiger partial charge >= 0.3 is 0 Å². The summed E-state index contributed by atoms with van der Waals surface area (Å²) in [6.45, 7) is 0.996. The molecule has 0 aliphatic heterocycles. The molecule has 22 heavy (non-hydrogen) atoms. The summed E-state index contributed by atoms with van der Waals surface area (Å²) in [5.41, 5.74) is 1.83. The second-order valence-electron chi connectivity index (χ2n) is 5.59. The number of rotatable bonds is 7. The minimum Gasteiger partial charge on any atom is -0.377 e. The lowest BCUT2D eigenvalue weighted by molar-refractivity contribution is 0.155. The predicted octanol–water partition coefficient (Wildman–Crippen LogP) is 3.85. The van der Waals surface area contributed by atoms with Gasteiger partial charge in [0.25, 0.3) is 0 Å². The Hall–Kier alpha value is -1.43. The van der Waals surface area contributed by atoms with Gasteiger partial charge in [-0.15, -0.1) is 0 Å². The van der Waals surface area contributed by atoms with E-state index in [0.29, 0.717) is 24.8 Å². The molecule has 1 N–H and O–H groups in total. The fourth-order valence-corrected chi connectivity index (χ4v) is 2.74. The Balaban J connectivity index is 1.67. The highest BCUT2D eigenvalue weighted by molar-refractivity contribution is 6.30. The Kier molecular flexibility index (Phi) is 4.76. The largest absolute Gasteiger partial charge is 0.377 e. The molecule has 1 aliphatic rings. The van der Waals surface area contributed by atoms with Crippen molar-refractivity contribution in [3.63, 3.8) is 0 Å². The van der Waals surface area contributed by atoms with E-state index in [1.807, 2.05) is 6.07 Å². The van der Waals surface area contributed by atoms with Crippen molar-refractivity contribution < 1.29 is 13.7 Å². The second kappa shape index (κ2) is 6.77. The summed E-state index contributed by atoms with van der Waals surface area (Å²) in [5, 5.41) is 7.64. The van der Waals surface area contributed by atoms with Crippen LogP contribution in [0.15, 0.2) is 28.8 Å². The number of aromatic nitrogens is 1. The molecule has 1 heterocycles. The van der Waals surface area contributed by atoms with E-state index in [1.165, 1.54) is 18.9 Å². The van der Waals surface area contributed by atoms with Crippen LogP contribution in [0.4, 0.5) is 4.39 Å². The van der Waals surface area contributed by atoms with Crippen LogP contribution in [0.1, 0.15) is 35.9 Å². The minimum absolute atomic E-state index is 0.153. The average Bonchev–Trinajstić information content (AvgIpc) is 3.24. The van der Waals surface area contributed by atoms with Gasteiger partial charge < -0.3 is 14.6 Å². The lowest BCUT2D eigenvalue weighted by atomic mass is 10.0. The highest BCUT2D eigenvalue weighted by Crippen LogP contribution is 2.41. The van der Waals surface area contributed by atoms with E-state index < -0.39 is 0 Å². The Bertz CT molecular complexity index is 643. The summed E-state index contributed by atoms with van der Waals surface area (Å²) in [6, 6.07) is 6.93. The van der Waals surface area contributed by atoms with E-state index in [0.717, 1.165) is 11.3 Å². The molecule has 0 amide bonds. The van der Waals surface area contributed by atoms with E-state index in [1.54, 1.807) is 19.2 Å². The summed E-state index contributed by atoms with van der Waals surface area (Å²) >= 11 is 5.89. The van der Waals surface area contributed by atoms with Crippen LogP contribution < -0.4 is 5.32 Å². The van der Waals surface area contributed by atoms with Crippen LogP contribution in [0.3, 0.4) is 0 Å². The Labute approximate surface area is 133 Å². The van der Waals surface area contributed by atoms with Crippen molar-refractivity contribution in [2.45, 2.75) is 32.0 Å². The molecule has 1 atom stereocenters. The van der Waals surface area contributed by atoms with Gasteiger partial charge in [-0.3, -0.25) is 0 Å². The van der Waals surface area contributed by atoms with Crippen LogP contribution in [0, 0.1) is 11.7 Å². The molecule has 3 rings (SSSR count). The lowest BCUT2D eigenvalue weighted by Crippen LogP contribution is -2.23. The SMILES string of the molecule is COCc1cc(CNC(c2ccc(F)c(Cl)c2)C2CC2)no1. The zero-order valence-electron chi connectivity index (χ0n) is 12.3. The monoisotopic (exact) mass is 324 g/mol. The van der Waals surface area contributed by atoms with Crippen LogP contribution in [0.25, 0.3) is 0 Å². The Morgan fingerprint density at radius 2 is 2.27 bits per heavy atom. The van der Waals surface area contributed by atoms with E-state index in [2.05, 4.69) is 10.5 Å². The first-order valence-electron chi connectivity index (χ1n) is 7.29. The molecular weight excluding hydrogens is 307 g/mol. The van der Waals surface area contributed by atoms with Gasteiger partial charge in [-0.25, -0.2) is 4.39 Å². The molecule has 1 saturated carbocycles. The fourth-order valence-electron chi connectivity index (χ4n) is 2.56. The van der Waals surface area contributed by atoms with Gasteiger partial charge in [-0.2, -0.15) is 0 Å². The summed E-state index contributed by atoms with van der Waals surface area (Å²) in [7, 11) is 1.61. The van der Waals surface area contributed by atoms with Gasteiger partial charge in [0.2, 0.25) is 0 Å². The smallest absolute Gasteiger partial charge is 0.162 e. The van der Waals surface area contributed by atoms with Gasteiger partial charge in [-0.05, 0) is 36.5 Å². The number of halogens is 2. The fraction of sp³-hybridized carbons (Fsp3) is 0.438. The maximum Gasteiger partial charge on any atom is 0.162 e. The molecule has 1 aliphatic carbocycles. The third kappa shape index (κ3) is 3.66. The average molecular weight is 325 g/mol. The third-order valence-electron chi connectivity index (χ3n) is 3.79. The number of nitrogens with one attached hydrogen (secondary N) is 1. The number of hydrogen-bond donors (Lipinski definition) is 1. The Morgan fingerprint density at radius 1 is 1.45 bits per heavy atom. The summed E-state index contributed by atoms with van der Waals surface area (Å²) < 4.78 is 23.5. The van der Waals surface area contributed by atoms with Crippen LogP contribution in [-0.4, -0.2) is 12.3 Å². The molecule has 6 heteroatoms. The molecule has 4 nitrogen and oxygen atoms in total. The molecule has 1 aromatic heterocycles. The van der Waals surface area contributed by atoms with E-state index in [9.17, 15) is 4.39 Å². The van der Waals surface area contributed by atoms with Crippen LogP contribution in [-0.2, 0) is 17.9 Å². The van der Waals surface area contributed by atoms with E-state index >= 15 is 0 Å². The quantitative estimate of drug-likeness (QED) is 0.840. The molecule has 0 bridgehead atoms. The zero-order chi connectivity index (χ0) is 15.5. The molecule has 0 radical (unpaired) electrons. The lowest BCUT2D eigenvalue weighted by Gasteiger charge is -2.18. The second-order valence-corrected chi connectivity index (χ2v) is 5.99. The van der Waals surface area contributed by atoms with Crippen molar-refractivity contribution in [2.75, 3.05) is 7.11 Å². The molecule has 1 fully saturated rings. The number of ether oxygens (including phenoxy) is 1. The molecular formula is C16H18ClFN2O2. The summed E-state index contributed by atoms with van der Waals surface area (Å²) in [6.07, 6.45) is 2.33. The highest BCUT2D eigenvalue weighted by Gasteiger charge is 2.32. The van der Waals surface area contributed by atoms with Gasteiger partial charge in [0.05, 0.1) is 10.7 Å².